The minimum atomic E-state index is -0.925. The van der Waals surface area contributed by atoms with Crippen molar-refractivity contribution in [2.24, 2.45) is 0 Å². The van der Waals surface area contributed by atoms with Gasteiger partial charge in [-0.25, -0.2) is 9.59 Å². The Kier molecular flexibility index (Phi) is 5.01. The van der Waals surface area contributed by atoms with E-state index in [4.69, 9.17) is 28.3 Å². The predicted octanol–water partition coefficient (Wildman–Crippen LogP) is 4.67. The van der Waals surface area contributed by atoms with Crippen LogP contribution in [0.15, 0.2) is 36.4 Å². The Morgan fingerprint density at radius 1 is 1.08 bits per heavy atom. The maximum Gasteiger partial charge on any atom is 0.407 e. The van der Waals surface area contributed by atoms with Crippen molar-refractivity contribution < 1.29 is 14.7 Å². The number of carboxylic acid groups (broad SMARTS) is 1. The minimum absolute atomic E-state index is 0.276. The van der Waals surface area contributed by atoms with Crippen molar-refractivity contribution in [2.75, 3.05) is 17.2 Å². The first kappa shape index (κ1) is 17.4. The number of hydrogen-bond acceptors (Lipinski definition) is 2. The molecule has 3 N–H and O–H groups in total. The van der Waals surface area contributed by atoms with Gasteiger partial charge in [0.2, 0.25) is 0 Å². The fourth-order valence-corrected chi connectivity index (χ4v) is 3.03. The molecule has 3 amide bonds. The number of fused-ring (bicyclic) bond motifs is 1. The van der Waals surface area contributed by atoms with Crippen molar-refractivity contribution in [2.45, 2.75) is 13.0 Å². The van der Waals surface area contributed by atoms with Gasteiger partial charge >= 0.3 is 12.1 Å². The van der Waals surface area contributed by atoms with Gasteiger partial charge in [0.15, 0.2) is 0 Å². The first-order valence-electron chi connectivity index (χ1n) is 7.56. The molecule has 0 aromatic heterocycles. The average Bonchev–Trinajstić information content (AvgIpc) is 2.58. The molecule has 2 aromatic carbocycles. The van der Waals surface area contributed by atoms with E-state index < -0.39 is 12.1 Å². The number of anilines is 2. The molecule has 0 spiro atoms. The largest absolute Gasteiger partial charge is 0.465 e. The second kappa shape index (κ2) is 7.21. The number of carbonyl (C=O) groups excluding carboxylic acids is 1. The minimum Gasteiger partial charge on any atom is -0.465 e. The van der Waals surface area contributed by atoms with Crippen LogP contribution in [0.5, 0.6) is 0 Å². The van der Waals surface area contributed by atoms with Crippen molar-refractivity contribution in [3.63, 3.8) is 0 Å². The molecule has 1 heterocycles. The highest BCUT2D eigenvalue weighted by molar-refractivity contribution is 6.44. The van der Waals surface area contributed by atoms with Gasteiger partial charge < -0.3 is 20.6 Å². The first-order valence-corrected chi connectivity index (χ1v) is 8.31. The summed E-state index contributed by atoms with van der Waals surface area (Å²) >= 11 is 12.0. The molecule has 1 aliphatic rings. The van der Waals surface area contributed by atoms with Gasteiger partial charge in [-0.2, -0.15) is 0 Å². The third-order valence-electron chi connectivity index (χ3n) is 3.95. The highest BCUT2D eigenvalue weighted by Gasteiger charge is 2.20. The van der Waals surface area contributed by atoms with Crippen molar-refractivity contribution in [3.05, 3.63) is 57.6 Å². The van der Waals surface area contributed by atoms with E-state index in [1.807, 2.05) is 12.1 Å². The van der Waals surface area contributed by atoms with Crippen LogP contribution in [0.25, 0.3) is 0 Å². The summed E-state index contributed by atoms with van der Waals surface area (Å²) in [6.07, 6.45) is -0.315. The first-order chi connectivity index (χ1) is 11.9. The highest BCUT2D eigenvalue weighted by Crippen LogP contribution is 2.29. The number of rotatable bonds is 2. The van der Waals surface area contributed by atoms with Crippen LogP contribution >= 0.6 is 23.2 Å². The fraction of sp³-hybridized carbons (Fsp3) is 0.176. The number of nitrogens with zero attached hydrogens (tertiary/aromatic N) is 1. The predicted molar refractivity (Wildman–Crippen MR) is 97.7 cm³/mol. The van der Waals surface area contributed by atoms with E-state index in [2.05, 4.69) is 10.6 Å². The normalized spacial score (nSPS) is 13.1. The summed E-state index contributed by atoms with van der Waals surface area (Å²) in [4.78, 5) is 24.6. The molecule has 6 nitrogen and oxygen atoms in total. The SMILES string of the molecule is O=C(Nc1ccc2c(c1)CCN(C(=O)O)C2)Nc1cccc(Cl)c1Cl. The van der Waals surface area contributed by atoms with E-state index in [1.165, 1.54) is 4.90 Å². The maximum atomic E-state index is 12.1. The molecule has 0 bridgehead atoms. The van der Waals surface area contributed by atoms with Crippen molar-refractivity contribution in [3.8, 4) is 0 Å². The summed E-state index contributed by atoms with van der Waals surface area (Å²) in [6, 6.07) is 9.96. The van der Waals surface area contributed by atoms with Gasteiger partial charge in [-0.1, -0.05) is 35.3 Å². The summed E-state index contributed by atoms with van der Waals surface area (Å²) in [5, 5.41) is 15.1. The van der Waals surface area contributed by atoms with Crippen LogP contribution in [0, 0.1) is 0 Å². The van der Waals surface area contributed by atoms with E-state index in [0.29, 0.717) is 35.9 Å². The molecule has 0 atom stereocenters. The molecular weight excluding hydrogens is 365 g/mol. The molecule has 0 aliphatic carbocycles. The van der Waals surface area contributed by atoms with E-state index in [-0.39, 0.29) is 5.02 Å². The molecule has 0 fully saturated rings. The van der Waals surface area contributed by atoms with Gasteiger partial charge in [0.25, 0.3) is 0 Å². The van der Waals surface area contributed by atoms with Gasteiger partial charge in [0, 0.05) is 18.8 Å². The topological polar surface area (TPSA) is 81.7 Å². The lowest BCUT2D eigenvalue weighted by molar-refractivity contribution is 0.140. The number of benzene rings is 2. The van der Waals surface area contributed by atoms with Crippen LogP contribution in [-0.4, -0.2) is 28.7 Å². The van der Waals surface area contributed by atoms with Gasteiger partial charge in [0.1, 0.15) is 0 Å². The monoisotopic (exact) mass is 379 g/mol. The lowest BCUT2D eigenvalue weighted by Crippen LogP contribution is -2.34. The molecule has 130 valence electrons. The third kappa shape index (κ3) is 3.97. The summed E-state index contributed by atoms with van der Waals surface area (Å²) in [5.41, 5.74) is 3.01. The van der Waals surface area contributed by atoms with E-state index in [0.717, 1.165) is 11.1 Å². The molecule has 0 saturated carbocycles. The lowest BCUT2D eigenvalue weighted by atomic mass is 9.99. The zero-order valence-corrected chi connectivity index (χ0v) is 14.6. The molecule has 3 rings (SSSR count). The number of nitrogens with one attached hydrogen (secondary N) is 2. The fourth-order valence-electron chi connectivity index (χ4n) is 2.68. The van der Waals surface area contributed by atoms with E-state index in [9.17, 15) is 9.59 Å². The smallest absolute Gasteiger partial charge is 0.407 e. The second-order valence-corrected chi connectivity index (χ2v) is 6.40. The van der Waals surface area contributed by atoms with Gasteiger partial charge in [-0.3, -0.25) is 0 Å². The number of amides is 3. The van der Waals surface area contributed by atoms with Crippen LogP contribution in [0.1, 0.15) is 11.1 Å². The Morgan fingerprint density at radius 2 is 1.88 bits per heavy atom. The van der Waals surface area contributed by atoms with E-state index in [1.54, 1.807) is 24.3 Å². The van der Waals surface area contributed by atoms with E-state index >= 15 is 0 Å². The van der Waals surface area contributed by atoms with Gasteiger partial charge in [0.05, 0.1) is 15.7 Å². The summed E-state index contributed by atoms with van der Waals surface area (Å²) < 4.78 is 0. The molecule has 0 saturated heterocycles. The van der Waals surface area contributed by atoms with Crippen LogP contribution in [0.3, 0.4) is 0 Å². The van der Waals surface area contributed by atoms with Crippen molar-refractivity contribution in [1.82, 2.24) is 4.90 Å². The number of hydrogen-bond donors (Lipinski definition) is 3. The van der Waals surface area contributed by atoms with Crippen molar-refractivity contribution in [1.29, 1.82) is 0 Å². The van der Waals surface area contributed by atoms with Crippen LogP contribution < -0.4 is 10.6 Å². The third-order valence-corrected chi connectivity index (χ3v) is 4.77. The Hall–Kier alpha value is -2.44. The zero-order chi connectivity index (χ0) is 18.0. The molecule has 25 heavy (non-hydrogen) atoms. The number of halogens is 2. The van der Waals surface area contributed by atoms with Gasteiger partial charge in [-0.15, -0.1) is 0 Å². The zero-order valence-electron chi connectivity index (χ0n) is 13.1. The molecule has 0 unspecified atom stereocenters. The Labute approximate surface area is 154 Å². The Morgan fingerprint density at radius 3 is 2.64 bits per heavy atom. The molecular formula is C17H15Cl2N3O3. The summed E-state index contributed by atoms with van der Waals surface area (Å²) in [5.74, 6) is 0. The number of carbonyl (C=O) groups is 2. The lowest BCUT2D eigenvalue weighted by Gasteiger charge is -2.26. The Bertz CT molecular complexity index is 842. The molecule has 8 heteroatoms. The maximum absolute atomic E-state index is 12.1. The average molecular weight is 380 g/mol. The Balaban J connectivity index is 1.68. The number of urea groups is 1. The summed E-state index contributed by atoms with van der Waals surface area (Å²) in [7, 11) is 0. The standard InChI is InChI=1S/C17H15Cl2N3O3/c18-13-2-1-3-14(15(13)19)21-16(23)20-12-5-4-11-9-22(17(24)25)7-6-10(11)8-12/h1-5,8H,6-7,9H2,(H,24,25)(H2,20,21,23). The van der Waals surface area contributed by atoms with Crippen LogP contribution in [0.2, 0.25) is 10.0 Å². The second-order valence-electron chi connectivity index (χ2n) is 5.62. The molecule has 2 aromatic rings. The molecule has 1 aliphatic heterocycles. The summed E-state index contributed by atoms with van der Waals surface area (Å²) in [6.45, 7) is 0.797. The molecule has 0 radical (unpaired) electrons. The highest BCUT2D eigenvalue weighted by atomic mass is 35.5. The quantitative estimate of drug-likeness (QED) is 0.708. The van der Waals surface area contributed by atoms with Crippen LogP contribution in [-0.2, 0) is 13.0 Å². The van der Waals surface area contributed by atoms with Crippen molar-refractivity contribution >= 4 is 46.7 Å². The van der Waals surface area contributed by atoms with Crippen LogP contribution in [0.4, 0.5) is 21.0 Å². The van der Waals surface area contributed by atoms with Gasteiger partial charge in [-0.05, 0) is 41.8 Å².